The molecule has 2 N–H and O–H groups in total. The van der Waals surface area contributed by atoms with Crippen LogP contribution in [0.25, 0.3) is 0 Å². The fourth-order valence-corrected chi connectivity index (χ4v) is 3.94. The Balaban J connectivity index is 1.27. The van der Waals surface area contributed by atoms with Gasteiger partial charge in [-0.3, -0.25) is 4.79 Å². The second-order valence-electron chi connectivity index (χ2n) is 7.91. The summed E-state index contributed by atoms with van der Waals surface area (Å²) in [4.78, 5) is 29.3. The third kappa shape index (κ3) is 5.09. The lowest BCUT2D eigenvalue weighted by Gasteiger charge is -2.19. The Hall–Kier alpha value is -3.80. The second-order valence-corrected chi connectivity index (χ2v) is 7.91. The molecule has 0 atom stereocenters. The molecule has 0 spiro atoms. The van der Waals surface area contributed by atoms with Gasteiger partial charge in [0.2, 0.25) is 0 Å². The Morgan fingerprint density at radius 1 is 0.969 bits per heavy atom. The van der Waals surface area contributed by atoms with Gasteiger partial charge in [-0.05, 0) is 54.8 Å². The monoisotopic (exact) mass is 428 g/mol. The third-order valence-corrected chi connectivity index (χ3v) is 5.65. The van der Waals surface area contributed by atoms with Crippen LogP contribution in [0.4, 0.5) is 21.9 Å². The smallest absolute Gasteiger partial charge is 0.319 e. The molecule has 6 heteroatoms. The average Bonchev–Trinajstić information content (AvgIpc) is 3.26. The van der Waals surface area contributed by atoms with Crippen LogP contribution in [-0.2, 0) is 6.42 Å². The van der Waals surface area contributed by atoms with Crippen molar-refractivity contribution in [3.05, 3.63) is 90.0 Å². The number of hydrogen-bond donors (Lipinski definition) is 2. The summed E-state index contributed by atoms with van der Waals surface area (Å²) >= 11 is 0. The third-order valence-electron chi connectivity index (χ3n) is 5.65. The molecule has 4 rings (SSSR count). The van der Waals surface area contributed by atoms with Gasteiger partial charge in [0.1, 0.15) is 0 Å². The fraction of sp³-hybridized carbons (Fsp3) is 0.231. The summed E-state index contributed by atoms with van der Waals surface area (Å²) in [5.41, 5.74) is 4.46. The predicted molar refractivity (Wildman–Crippen MR) is 130 cm³/mol. The molecule has 0 radical (unpaired) electrons. The molecule has 0 aliphatic carbocycles. The van der Waals surface area contributed by atoms with Crippen LogP contribution in [0.1, 0.15) is 22.3 Å². The first kappa shape index (κ1) is 21.4. The Morgan fingerprint density at radius 3 is 2.59 bits per heavy atom. The maximum absolute atomic E-state index is 13.0. The van der Waals surface area contributed by atoms with Crippen LogP contribution in [0.3, 0.4) is 0 Å². The number of nitrogens with zero attached hydrogens (tertiary/aromatic N) is 2. The highest BCUT2D eigenvalue weighted by molar-refractivity contribution is 6.08. The number of amides is 3. The number of fused-ring (bicyclic) bond motifs is 1. The van der Waals surface area contributed by atoms with Gasteiger partial charge in [-0.2, -0.15) is 0 Å². The van der Waals surface area contributed by atoms with Crippen molar-refractivity contribution in [2.45, 2.75) is 12.8 Å². The first-order valence-corrected chi connectivity index (χ1v) is 10.9. The van der Waals surface area contributed by atoms with Crippen molar-refractivity contribution >= 4 is 29.0 Å². The topological polar surface area (TPSA) is 64.7 Å². The van der Waals surface area contributed by atoms with E-state index in [4.69, 9.17) is 0 Å². The number of nitrogens with one attached hydrogen (secondary N) is 2. The molecule has 3 aromatic carbocycles. The van der Waals surface area contributed by atoms with Gasteiger partial charge in [0.05, 0.1) is 0 Å². The van der Waals surface area contributed by atoms with Crippen LogP contribution >= 0.6 is 0 Å². The van der Waals surface area contributed by atoms with E-state index in [0.29, 0.717) is 24.3 Å². The maximum atomic E-state index is 13.0. The Bertz CT molecular complexity index is 1080. The van der Waals surface area contributed by atoms with Crippen LogP contribution in [0.5, 0.6) is 0 Å². The number of anilines is 3. The van der Waals surface area contributed by atoms with E-state index in [9.17, 15) is 9.59 Å². The lowest BCUT2D eigenvalue weighted by Crippen LogP contribution is -2.32. The zero-order chi connectivity index (χ0) is 22.3. The van der Waals surface area contributed by atoms with E-state index in [1.807, 2.05) is 43.4 Å². The summed E-state index contributed by atoms with van der Waals surface area (Å²) in [6.07, 6.45) is 1.69. The number of rotatable bonds is 7. The van der Waals surface area contributed by atoms with Crippen molar-refractivity contribution in [1.29, 1.82) is 0 Å². The summed E-state index contributed by atoms with van der Waals surface area (Å²) in [6.45, 7) is 2.07. The molecule has 164 valence electrons. The number of benzene rings is 3. The van der Waals surface area contributed by atoms with E-state index in [1.165, 1.54) is 5.56 Å². The van der Waals surface area contributed by atoms with Gasteiger partial charge in [0, 0.05) is 49.3 Å². The van der Waals surface area contributed by atoms with Crippen LogP contribution in [0.15, 0.2) is 78.9 Å². The van der Waals surface area contributed by atoms with E-state index in [-0.39, 0.29) is 11.9 Å². The number of para-hydroxylation sites is 2. The molecule has 0 saturated carbocycles. The summed E-state index contributed by atoms with van der Waals surface area (Å²) in [5.74, 6) is -0.0528. The minimum absolute atomic E-state index is 0.0528. The molecule has 32 heavy (non-hydrogen) atoms. The molecular weight excluding hydrogens is 400 g/mol. The average molecular weight is 429 g/mol. The SMILES string of the molecule is CN(CCCNC(=O)Nc1cccc(C(=O)N2CCc3ccccc32)c1)c1ccccc1. The Kier molecular flexibility index (Phi) is 6.70. The summed E-state index contributed by atoms with van der Waals surface area (Å²) < 4.78 is 0. The normalized spacial score (nSPS) is 12.2. The highest BCUT2D eigenvalue weighted by Gasteiger charge is 2.25. The van der Waals surface area contributed by atoms with Gasteiger partial charge in [-0.1, -0.05) is 42.5 Å². The van der Waals surface area contributed by atoms with Gasteiger partial charge in [0.25, 0.3) is 5.91 Å². The molecular formula is C26H28N4O2. The van der Waals surface area contributed by atoms with Crippen molar-refractivity contribution in [2.75, 3.05) is 41.8 Å². The number of hydrogen-bond acceptors (Lipinski definition) is 3. The van der Waals surface area contributed by atoms with Crippen molar-refractivity contribution in [3.63, 3.8) is 0 Å². The summed E-state index contributed by atoms with van der Waals surface area (Å²) in [7, 11) is 2.04. The van der Waals surface area contributed by atoms with Crippen LogP contribution in [0, 0.1) is 0 Å². The number of urea groups is 1. The highest BCUT2D eigenvalue weighted by atomic mass is 16.2. The predicted octanol–water partition coefficient (Wildman–Crippen LogP) is 4.54. The van der Waals surface area contributed by atoms with Crippen molar-refractivity contribution in [3.8, 4) is 0 Å². The minimum Gasteiger partial charge on any atom is -0.375 e. The van der Waals surface area contributed by atoms with Crippen molar-refractivity contribution in [1.82, 2.24) is 5.32 Å². The van der Waals surface area contributed by atoms with Crippen LogP contribution in [-0.4, -0.2) is 38.6 Å². The standard InChI is InChI=1S/C26H28N4O2/c1-29(23-12-3-2-4-13-23)17-8-16-27-26(32)28-22-11-7-10-21(19-22)25(31)30-18-15-20-9-5-6-14-24(20)30/h2-7,9-14,19H,8,15-18H2,1H3,(H2,27,28,32). The zero-order valence-corrected chi connectivity index (χ0v) is 18.3. The van der Waals surface area contributed by atoms with E-state index >= 15 is 0 Å². The highest BCUT2D eigenvalue weighted by Crippen LogP contribution is 2.29. The first-order chi connectivity index (χ1) is 15.6. The Morgan fingerprint density at radius 2 is 1.75 bits per heavy atom. The second kappa shape index (κ2) is 10.0. The number of carbonyl (C=O) groups is 2. The lowest BCUT2D eigenvalue weighted by molar-refractivity contribution is 0.0989. The summed E-state index contributed by atoms with van der Waals surface area (Å²) in [5, 5.41) is 5.72. The minimum atomic E-state index is -0.275. The van der Waals surface area contributed by atoms with Gasteiger partial charge in [-0.15, -0.1) is 0 Å². The zero-order valence-electron chi connectivity index (χ0n) is 18.3. The van der Waals surface area contributed by atoms with Crippen molar-refractivity contribution < 1.29 is 9.59 Å². The molecule has 1 aliphatic rings. The maximum Gasteiger partial charge on any atom is 0.319 e. The molecule has 1 aliphatic heterocycles. The molecule has 3 amide bonds. The molecule has 3 aromatic rings. The van der Waals surface area contributed by atoms with Crippen LogP contribution in [0.2, 0.25) is 0 Å². The molecule has 0 fully saturated rings. The van der Waals surface area contributed by atoms with E-state index in [0.717, 1.165) is 30.8 Å². The lowest BCUT2D eigenvalue weighted by atomic mass is 10.1. The molecule has 0 bridgehead atoms. The van der Waals surface area contributed by atoms with Gasteiger partial charge < -0.3 is 20.4 Å². The van der Waals surface area contributed by atoms with Gasteiger partial charge in [-0.25, -0.2) is 4.79 Å². The fourth-order valence-electron chi connectivity index (χ4n) is 3.94. The van der Waals surface area contributed by atoms with Crippen molar-refractivity contribution in [2.24, 2.45) is 0 Å². The van der Waals surface area contributed by atoms with Gasteiger partial charge in [0.15, 0.2) is 0 Å². The molecule has 6 nitrogen and oxygen atoms in total. The number of carbonyl (C=O) groups excluding carboxylic acids is 2. The molecule has 0 unspecified atom stereocenters. The Labute approximate surface area is 188 Å². The molecule has 0 saturated heterocycles. The summed E-state index contributed by atoms with van der Waals surface area (Å²) in [6, 6.07) is 24.9. The van der Waals surface area contributed by atoms with E-state index < -0.39 is 0 Å². The molecule has 1 heterocycles. The largest absolute Gasteiger partial charge is 0.375 e. The van der Waals surface area contributed by atoms with E-state index in [2.05, 4.69) is 33.7 Å². The van der Waals surface area contributed by atoms with Crippen LogP contribution < -0.4 is 20.4 Å². The van der Waals surface area contributed by atoms with E-state index in [1.54, 1.807) is 29.2 Å². The van der Waals surface area contributed by atoms with Gasteiger partial charge >= 0.3 is 6.03 Å². The first-order valence-electron chi connectivity index (χ1n) is 10.9. The molecule has 0 aromatic heterocycles. The quantitative estimate of drug-likeness (QED) is 0.543.